The minimum atomic E-state index is -0.202. The van der Waals surface area contributed by atoms with Crippen LogP contribution < -0.4 is 10.6 Å². The molecule has 2 aliphatic rings. The van der Waals surface area contributed by atoms with Crippen LogP contribution in [-0.2, 0) is 9.59 Å². The second-order valence-electron chi connectivity index (χ2n) is 5.80. The quantitative estimate of drug-likeness (QED) is 0.864. The Morgan fingerprint density at radius 2 is 2.00 bits per heavy atom. The van der Waals surface area contributed by atoms with E-state index in [1.165, 1.54) is 0 Å². The smallest absolute Gasteiger partial charge is 0.226 e. The molecule has 1 saturated heterocycles. The first-order chi connectivity index (χ1) is 9.08. The summed E-state index contributed by atoms with van der Waals surface area (Å²) in [5.74, 6) is 0.0787. The SMILES string of the molecule is CC1(C(=O)NC2CC(=O)NC2c2ccccc2)CC1. The van der Waals surface area contributed by atoms with Crippen molar-refractivity contribution in [2.45, 2.75) is 38.3 Å². The Bertz CT molecular complexity index is 508. The molecule has 1 heterocycles. The van der Waals surface area contributed by atoms with Crippen molar-refractivity contribution in [1.82, 2.24) is 10.6 Å². The predicted octanol–water partition coefficient (Wildman–Crippen LogP) is 1.53. The highest BCUT2D eigenvalue weighted by Crippen LogP contribution is 2.45. The maximum atomic E-state index is 12.1. The molecule has 4 nitrogen and oxygen atoms in total. The van der Waals surface area contributed by atoms with Crippen LogP contribution in [0.25, 0.3) is 0 Å². The molecule has 2 fully saturated rings. The van der Waals surface area contributed by atoms with Gasteiger partial charge in [-0.3, -0.25) is 9.59 Å². The van der Waals surface area contributed by atoms with Crippen LogP contribution in [0.3, 0.4) is 0 Å². The Labute approximate surface area is 112 Å². The normalized spacial score (nSPS) is 27.7. The van der Waals surface area contributed by atoms with E-state index in [2.05, 4.69) is 10.6 Å². The molecule has 0 bridgehead atoms. The van der Waals surface area contributed by atoms with E-state index in [0.717, 1.165) is 18.4 Å². The summed E-state index contributed by atoms with van der Waals surface area (Å²) in [4.78, 5) is 23.7. The maximum Gasteiger partial charge on any atom is 0.226 e. The highest BCUT2D eigenvalue weighted by atomic mass is 16.2. The van der Waals surface area contributed by atoms with Crippen LogP contribution >= 0.6 is 0 Å². The molecular weight excluding hydrogens is 240 g/mol. The Morgan fingerprint density at radius 1 is 1.32 bits per heavy atom. The first kappa shape index (κ1) is 12.2. The summed E-state index contributed by atoms with van der Waals surface area (Å²) in [5, 5.41) is 5.98. The number of benzene rings is 1. The van der Waals surface area contributed by atoms with Gasteiger partial charge in [0.1, 0.15) is 0 Å². The van der Waals surface area contributed by atoms with E-state index in [1.54, 1.807) is 0 Å². The third-order valence-corrected chi connectivity index (χ3v) is 4.15. The number of carbonyl (C=O) groups excluding carboxylic acids is 2. The topological polar surface area (TPSA) is 58.2 Å². The van der Waals surface area contributed by atoms with E-state index in [-0.39, 0.29) is 29.3 Å². The number of hydrogen-bond donors (Lipinski definition) is 2. The third kappa shape index (κ3) is 2.35. The molecular formula is C15H18N2O2. The summed E-state index contributed by atoms with van der Waals surface area (Å²) in [6, 6.07) is 9.54. The summed E-state index contributed by atoms with van der Waals surface area (Å²) in [5.41, 5.74) is 0.840. The first-order valence-electron chi connectivity index (χ1n) is 6.74. The van der Waals surface area contributed by atoms with Gasteiger partial charge in [-0.2, -0.15) is 0 Å². The number of hydrogen-bond acceptors (Lipinski definition) is 2. The van der Waals surface area contributed by atoms with Crippen molar-refractivity contribution in [1.29, 1.82) is 0 Å². The zero-order valence-electron chi connectivity index (χ0n) is 11.0. The van der Waals surface area contributed by atoms with Crippen LogP contribution in [-0.4, -0.2) is 17.9 Å². The maximum absolute atomic E-state index is 12.1. The Kier molecular flexibility index (Phi) is 2.81. The second-order valence-corrected chi connectivity index (χ2v) is 5.80. The fourth-order valence-electron chi connectivity index (χ4n) is 2.52. The van der Waals surface area contributed by atoms with Gasteiger partial charge in [-0.05, 0) is 18.4 Å². The minimum Gasteiger partial charge on any atom is -0.350 e. The van der Waals surface area contributed by atoms with Gasteiger partial charge >= 0.3 is 0 Å². The van der Waals surface area contributed by atoms with Crippen LogP contribution in [0.2, 0.25) is 0 Å². The Morgan fingerprint density at radius 3 is 2.63 bits per heavy atom. The van der Waals surface area contributed by atoms with Crippen molar-refractivity contribution in [3.05, 3.63) is 35.9 Å². The third-order valence-electron chi connectivity index (χ3n) is 4.15. The van der Waals surface area contributed by atoms with Gasteiger partial charge < -0.3 is 10.6 Å². The van der Waals surface area contributed by atoms with Crippen LogP contribution in [0.5, 0.6) is 0 Å². The van der Waals surface area contributed by atoms with Gasteiger partial charge in [0.05, 0.1) is 12.1 Å². The monoisotopic (exact) mass is 258 g/mol. The lowest BCUT2D eigenvalue weighted by Crippen LogP contribution is -2.41. The first-order valence-corrected chi connectivity index (χ1v) is 6.74. The van der Waals surface area contributed by atoms with Crippen molar-refractivity contribution in [2.24, 2.45) is 5.41 Å². The lowest BCUT2D eigenvalue weighted by atomic mass is 9.99. The van der Waals surface area contributed by atoms with Crippen LogP contribution in [0.4, 0.5) is 0 Å². The molecule has 1 aliphatic heterocycles. The molecule has 0 aromatic heterocycles. The van der Waals surface area contributed by atoms with Gasteiger partial charge in [-0.1, -0.05) is 37.3 Å². The van der Waals surface area contributed by atoms with E-state index in [1.807, 2.05) is 37.3 Å². The molecule has 0 spiro atoms. The minimum absolute atomic E-state index is 0.0000954. The van der Waals surface area contributed by atoms with Crippen molar-refractivity contribution in [2.75, 3.05) is 0 Å². The van der Waals surface area contributed by atoms with E-state index >= 15 is 0 Å². The van der Waals surface area contributed by atoms with Crippen molar-refractivity contribution in [3.63, 3.8) is 0 Å². The molecule has 1 aromatic carbocycles. The fourth-order valence-corrected chi connectivity index (χ4v) is 2.52. The lowest BCUT2D eigenvalue weighted by Gasteiger charge is -2.22. The van der Waals surface area contributed by atoms with Gasteiger partial charge in [-0.15, -0.1) is 0 Å². The molecule has 2 amide bonds. The largest absolute Gasteiger partial charge is 0.350 e. The molecule has 1 saturated carbocycles. The summed E-state index contributed by atoms with van der Waals surface area (Å²) >= 11 is 0. The van der Waals surface area contributed by atoms with Crippen molar-refractivity contribution < 1.29 is 9.59 Å². The molecule has 0 radical (unpaired) electrons. The van der Waals surface area contributed by atoms with Gasteiger partial charge in [0, 0.05) is 11.8 Å². The number of amides is 2. The van der Waals surface area contributed by atoms with E-state index in [4.69, 9.17) is 0 Å². The van der Waals surface area contributed by atoms with Crippen molar-refractivity contribution in [3.8, 4) is 0 Å². The Balaban J connectivity index is 1.75. The average Bonchev–Trinajstić information content (AvgIpc) is 3.05. The molecule has 1 aromatic rings. The van der Waals surface area contributed by atoms with E-state index < -0.39 is 0 Å². The van der Waals surface area contributed by atoms with E-state index in [0.29, 0.717) is 6.42 Å². The van der Waals surface area contributed by atoms with Gasteiger partial charge in [-0.25, -0.2) is 0 Å². The zero-order chi connectivity index (χ0) is 13.5. The molecule has 100 valence electrons. The van der Waals surface area contributed by atoms with Gasteiger partial charge in [0.25, 0.3) is 0 Å². The molecule has 1 aliphatic carbocycles. The van der Waals surface area contributed by atoms with Gasteiger partial charge in [0.15, 0.2) is 0 Å². The Hall–Kier alpha value is -1.84. The standard InChI is InChI=1S/C15H18N2O2/c1-15(7-8-15)14(19)16-11-9-12(18)17-13(11)10-5-3-2-4-6-10/h2-6,11,13H,7-9H2,1H3,(H,16,19)(H,17,18). The van der Waals surface area contributed by atoms with Gasteiger partial charge in [0.2, 0.25) is 11.8 Å². The van der Waals surface area contributed by atoms with Crippen LogP contribution in [0.1, 0.15) is 37.8 Å². The van der Waals surface area contributed by atoms with Crippen LogP contribution in [0, 0.1) is 5.41 Å². The molecule has 2 atom stereocenters. The molecule has 19 heavy (non-hydrogen) atoms. The summed E-state index contributed by atoms with van der Waals surface area (Å²) in [7, 11) is 0. The van der Waals surface area contributed by atoms with Crippen LogP contribution in [0.15, 0.2) is 30.3 Å². The summed E-state index contributed by atoms with van der Waals surface area (Å²) in [6.45, 7) is 1.98. The summed E-state index contributed by atoms with van der Waals surface area (Å²) in [6.07, 6.45) is 2.26. The predicted molar refractivity (Wildman–Crippen MR) is 71.2 cm³/mol. The fraction of sp³-hybridized carbons (Fsp3) is 0.467. The highest BCUT2D eigenvalue weighted by Gasteiger charge is 2.47. The molecule has 4 heteroatoms. The molecule has 3 rings (SSSR count). The summed E-state index contributed by atoms with van der Waals surface area (Å²) < 4.78 is 0. The molecule has 2 unspecified atom stereocenters. The second kappa shape index (κ2) is 4.37. The number of rotatable bonds is 3. The lowest BCUT2D eigenvalue weighted by molar-refractivity contribution is -0.126. The zero-order valence-corrected chi connectivity index (χ0v) is 11.0. The van der Waals surface area contributed by atoms with Crippen molar-refractivity contribution >= 4 is 11.8 Å². The number of carbonyl (C=O) groups is 2. The average molecular weight is 258 g/mol. The van der Waals surface area contributed by atoms with E-state index in [9.17, 15) is 9.59 Å². The number of nitrogens with one attached hydrogen (secondary N) is 2. The molecule has 2 N–H and O–H groups in total. The highest BCUT2D eigenvalue weighted by molar-refractivity contribution is 5.87.